The summed E-state index contributed by atoms with van der Waals surface area (Å²) >= 11 is 9.38. The minimum absolute atomic E-state index is 0.0544. The molecule has 0 N–H and O–H groups in total. The van der Waals surface area contributed by atoms with E-state index >= 15 is 0 Å². The van der Waals surface area contributed by atoms with Gasteiger partial charge in [-0.05, 0) is 49.7 Å². The van der Waals surface area contributed by atoms with Crippen molar-refractivity contribution in [2.24, 2.45) is 0 Å². The van der Waals surface area contributed by atoms with Crippen molar-refractivity contribution in [2.45, 2.75) is 13.8 Å². The van der Waals surface area contributed by atoms with Gasteiger partial charge in [0, 0.05) is 27.3 Å². The van der Waals surface area contributed by atoms with Crippen molar-refractivity contribution < 1.29 is 4.79 Å². The first-order valence-corrected chi connectivity index (χ1v) is 7.53. The van der Waals surface area contributed by atoms with Gasteiger partial charge in [-0.2, -0.15) is 0 Å². The lowest BCUT2D eigenvalue weighted by atomic mass is 10.1. The normalized spacial score (nSPS) is 10.4. The molecule has 0 aromatic heterocycles. The third-order valence-corrected chi connectivity index (χ3v) is 3.66. The highest BCUT2D eigenvalue weighted by Crippen LogP contribution is 2.23. The third kappa shape index (κ3) is 3.41. The molecule has 0 aliphatic heterocycles. The maximum absolute atomic E-state index is 12.6. The zero-order valence-electron chi connectivity index (χ0n) is 11.4. The molecule has 0 spiro atoms. The zero-order valence-corrected chi connectivity index (χ0v) is 13.7. The minimum Gasteiger partial charge on any atom is -0.309 e. The highest BCUT2D eigenvalue weighted by molar-refractivity contribution is 9.10. The molecule has 20 heavy (non-hydrogen) atoms. The molecule has 2 aromatic rings. The number of carbonyl (C=O) groups is 1. The Morgan fingerprint density at radius 3 is 2.60 bits per heavy atom. The van der Waals surface area contributed by atoms with Crippen LogP contribution in [0.3, 0.4) is 0 Å². The molecule has 0 saturated heterocycles. The summed E-state index contributed by atoms with van der Waals surface area (Å²) in [5, 5.41) is 0.544. The molecule has 1 amide bonds. The van der Waals surface area contributed by atoms with E-state index in [1.807, 2.05) is 38.1 Å². The second kappa shape index (κ2) is 6.42. The number of amides is 1. The summed E-state index contributed by atoms with van der Waals surface area (Å²) in [7, 11) is 0. The predicted octanol–water partition coefficient (Wildman–Crippen LogP) is 5.08. The fourth-order valence-electron chi connectivity index (χ4n) is 2.07. The molecular weight excluding hydrogens is 338 g/mol. The van der Waals surface area contributed by atoms with Gasteiger partial charge in [0.2, 0.25) is 0 Å². The molecule has 0 bridgehead atoms. The molecule has 0 atom stereocenters. The van der Waals surface area contributed by atoms with Gasteiger partial charge >= 0.3 is 0 Å². The first-order valence-electron chi connectivity index (χ1n) is 6.36. The smallest absolute Gasteiger partial charge is 0.258 e. The maximum Gasteiger partial charge on any atom is 0.258 e. The van der Waals surface area contributed by atoms with Crippen LogP contribution in [0.4, 0.5) is 5.69 Å². The van der Waals surface area contributed by atoms with Gasteiger partial charge in [0.15, 0.2) is 0 Å². The van der Waals surface area contributed by atoms with Gasteiger partial charge in [-0.15, -0.1) is 0 Å². The van der Waals surface area contributed by atoms with Gasteiger partial charge in [0.25, 0.3) is 5.91 Å². The molecule has 2 rings (SSSR count). The van der Waals surface area contributed by atoms with Crippen LogP contribution in [0.25, 0.3) is 0 Å². The summed E-state index contributed by atoms with van der Waals surface area (Å²) in [5.41, 5.74) is 2.60. The van der Waals surface area contributed by atoms with E-state index in [1.54, 1.807) is 23.1 Å². The summed E-state index contributed by atoms with van der Waals surface area (Å²) < 4.78 is 0.800. The molecular formula is C16H15BrClNO. The number of hydrogen-bond acceptors (Lipinski definition) is 1. The van der Waals surface area contributed by atoms with Crippen LogP contribution >= 0.6 is 27.5 Å². The van der Waals surface area contributed by atoms with Gasteiger partial charge in [0.05, 0.1) is 0 Å². The Kier molecular flexibility index (Phi) is 4.84. The molecule has 0 radical (unpaired) electrons. The summed E-state index contributed by atoms with van der Waals surface area (Å²) in [4.78, 5) is 14.4. The third-order valence-electron chi connectivity index (χ3n) is 2.98. The summed E-state index contributed by atoms with van der Waals surface area (Å²) in [6.07, 6.45) is 0. The average Bonchev–Trinajstić information content (AvgIpc) is 2.38. The molecule has 0 heterocycles. The number of aryl methyl sites for hydroxylation is 1. The highest BCUT2D eigenvalue weighted by Gasteiger charge is 2.17. The number of rotatable bonds is 3. The number of carbonyl (C=O) groups excluding carboxylic acids is 1. The lowest BCUT2D eigenvalue weighted by molar-refractivity contribution is 0.0988. The molecule has 0 saturated carbocycles. The largest absolute Gasteiger partial charge is 0.309 e. The van der Waals surface area contributed by atoms with E-state index in [1.165, 1.54) is 0 Å². The Balaban J connectivity index is 2.38. The fraction of sp³-hybridized carbons (Fsp3) is 0.188. The van der Waals surface area contributed by atoms with Crippen molar-refractivity contribution in [1.82, 2.24) is 0 Å². The molecule has 2 aromatic carbocycles. The van der Waals surface area contributed by atoms with Crippen molar-refractivity contribution >= 4 is 39.1 Å². The van der Waals surface area contributed by atoms with Crippen LogP contribution in [0.5, 0.6) is 0 Å². The molecule has 2 nitrogen and oxygen atoms in total. The van der Waals surface area contributed by atoms with E-state index in [4.69, 9.17) is 11.6 Å². The molecule has 0 aliphatic rings. The molecule has 0 unspecified atom stereocenters. The van der Waals surface area contributed by atoms with Crippen molar-refractivity contribution in [1.29, 1.82) is 0 Å². The monoisotopic (exact) mass is 351 g/mol. The molecule has 4 heteroatoms. The van der Waals surface area contributed by atoms with Crippen molar-refractivity contribution in [3.05, 3.63) is 63.1 Å². The summed E-state index contributed by atoms with van der Waals surface area (Å²) in [6.45, 7) is 4.57. The van der Waals surface area contributed by atoms with Crippen LogP contribution in [-0.2, 0) is 0 Å². The van der Waals surface area contributed by atoms with Crippen LogP contribution in [0.1, 0.15) is 22.8 Å². The predicted molar refractivity (Wildman–Crippen MR) is 87.7 cm³/mol. The van der Waals surface area contributed by atoms with Crippen molar-refractivity contribution in [3.63, 3.8) is 0 Å². The molecule has 0 aliphatic carbocycles. The van der Waals surface area contributed by atoms with Crippen LogP contribution < -0.4 is 4.90 Å². The van der Waals surface area contributed by atoms with E-state index in [2.05, 4.69) is 15.9 Å². The van der Waals surface area contributed by atoms with Crippen molar-refractivity contribution in [2.75, 3.05) is 11.4 Å². The average molecular weight is 353 g/mol. The van der Waals surface area contributed by atoms with Gasteiger partial charge < -0.3 is 4.90 Å². The molecule has 0 fully saturated rings. The first kappa shape index (κ1) is 15.1. The number of benzene rings is 2. The standard InChI is InChI=1S/C16H15BrClNO/c1-3-19(15-6-4-5-11(2)7-15)16(20)12-8-13(17)10-14(18)9-12/h4-10H,3H2,1-2H3. The Bertz CT molecular complexity index is 622. The van der Waals surface area contributed by atoms with E-state index < -0.39 is 0 Å². The number of hydrogen-bond donors (Lipinski definition) is 0. The van der Waals surface area contributed by atoms with E-state index in [0.717, 1.165) is 15.7 Å². The highest BCUT2D eigenvalue weighted by atomic mass is 79.9. The van der Waals surface area contributed by atoms with E-state index in [0.29, 0.717) is 17.1 Å². The lowest BCUT2D eigenvalue weighted by Crippen LogP contribution is -2.30. The zero-order chi connectivity index (χ0) is 14.7. The fourth-order valence-corrected chi connectivity index (χ4v) is 2.93. The lowest BCUT2D eigenvalue weighted by Gasteiger charge is -2.21. The van der Waals surface area contributed by atoms with Gasteiger partial charge in [0.1, 0.15) is 0 Å². The summed E-state index contributed by atoms with van der Waals surface area (Å²) in [6, 6.07) is 13.1. The second-order valence-corrected chi connectivity index (χ2v) is 5.90. The second-order valence-electron chi connectivity index (χ2n) is 4.55. The van der Waals surface area contributed by atoms with Crippen LogP contribution in [-0.4, -0.2) is 12.5 Å². The Hall–Kier alpha value is -1.32. The van der Waals surface area contributed by atoms with Gasteiger partial charge in [-0.1, -0.05) is 39.7 Å². The van der Waals surface area contributed by atoms with Crippen LogP contribution in [0.2, 0.25) is 5.02 Å². The molecule has 104 valence electrons. The maximum atomic E-state index is 12.6. The Morgan fingerprint density at radius 2 is 2.00 bits per heavy atom. The van der Waals surface area contributed by atoms with Gasteiger partial charge in [-0.25, -0.2) is 0 Å². The Morgan fingerprint density at radius 1 is 1.25 bits per heavy atom. The van der Waals surface area contributed by atoms with Gasteiger partial charge in [-0.3, -0.25) is 4.79 Å². The Labute approximate surface area is 132 Å². The van der Waals surface area contributed by atoms with Crippen LogP contribution in [0, 0.1) is 6.92 Å². The topological polar surface area (TPSA) is 20.3 Å². The first-order chi connectivity index (χ1) is 9.51. The van der Waals surface area contributed by atoms with E-state index in [9.17, 15) is 4.79 Å². The number of anilines is 1. The summed E-state index contributed by atoms with van der Waals surface area (Å²) in [5.74, 6) is -0.0544. The minimum atomic E-state index is -0.0544. The quantitative estimate of drug-likeness (QED) is 0.754. The number of nitrogens with zero attached hydrogens (tertiary/aromatic N) is 1. The number of halogens is 2. The SMILES string of the molecule is CCN(C(=O)c1cc(Cl)cc(Br)c1)c1cccc(C)c1. The van der Waals surface area contributed by atoms with Crippen LogP contribution in [0.15, 0.2) is 46.9 Å². The van der Waals surface area contributed by atoms with E-state index in [-0.39, 0.29) is 5.91 Å². The van der Waals surface area contributed by atoms with Crippen molar-refractivity contribution in [3.8, 4) is 0 Å².